The Morgan fingerprint density at radius 2 is 1.78 bits per heavy atom. The minimum atomic E-state index is 0.535. The smallest absolute Gasteiger partial charge is 0.0317 e. The van der Waals surface area contributed by atoms with Gasteiger partial charge in [0.05, 0.1) is 0 Å². The van der Waals surface area contributed by atoms with E-state index in [1.54, 1.807) is 0 Å². The third-order valence-electron chi connectivity index (χ3n) is 4.42. The first kappa shape index (κ1) is 13.6. The van der Waals surface area contributed by atoms with Crippen LogP contribution in [0.4, 0.5) is 0 Å². The maximum absolute atomic E-state index is 3.48. The van der Waals surface area contributed by atoms with Gasteiger partial charge in [-0.2, -0.15) is 0 Å². The minimum absolute atomic E-state index is 0.535. The predicted octanol–water partition coefficient (Wildman–Crippen LogP) is 4.62. The Morgan fingerprint density at radius 3 is 2.39 bits per heavy atom. The van der Waals surface area contributed by atoms with Gasteiger partial charge in [-0.3, -0.25) is 0 Å². The summed E-state index contributed by atoms with van der Waals surface area (Å²) in [7, 11) is 2.09. The van der Waals surface area contributed by atoms with Crippen molar-refractivity contribution in [3.63, 3.8) is 0 Å². The molecule has 0 heterocycles. The molecule has 18 heavy (non-hydrogen) atoms. The van der Waals surface area contributed by atoms with Crippen LogP contribution in [0.1, 0.15) is 62.1 Å². The molecule has 100 valence electrons. The summed E-state index contributed by atoms with van der Waals surface area (Å²) in [5.41, 5.74) is 2.79. The molecule has 1 heteroatoms. The lowest BCUT2D eigenvalue weighted by Crippen LogP contribution is -2.18. The summed E-state index contributed by atoms with van der Waals surface area (Å²) in [6, 6.07) is 9.53. The average Bonchev–Trinajstić information content (AvgIpc) is 2.42. The molecule has 0 radical (unpaired) electrons. The topological polar surface area (TPSA) is 12.0 Å². The van der Waals surface area contributed by atoms with Gasteiger partial charge in [0.15, 0.2) is 0 Å². The summed E-state index contributed by atoms with van der Waals surface area (Å²) in [4.78, 5) is 0. The molecule has 0 saturated heterocycles. The van der Waals surface area contributed by atoms with E-state index in [2.05, 4.69) is 43.6 Å². The molecule has 0 spiro atoms. The maximum Gasteiger partial charge on any atom is 0.0317 e. The van der Waals surface area contributed by atoms with Crippen LogP contribution in [0.25, 0.3) is 0 Å². The number of aryl methyl sites for hydroxylation is 1. The van der Waals surface area contributed by atoms with E-state index in [-0.39, 0.29) is 0 Å². The van der Waals surface area contributed by atoms with Gasteiger partial charge in [-0.25, -0.2) is 0 Å². The van der Waals surface area contributed by atoms with Crippen molar-refractivity contribution in [1.82, 2.24) is 5.32 Å². The largest absolute Gasteiger partial charge is 0.313 e. The second kappa shape index (κ2) is 6.94. The molecule has 0 amide bonds. The summed E-state index contributed by atoms with van der Waals surface area (Å²) in [6.07, 6.45) is 9.97. The number of hydrogen-bond donors (Lipinski definition) is 1. The number of benzene rings is 1. The van der Waals surface area contributed by atoms with Gasteiger partial charge in [0.1, 0.15) is 0 Å². The zero-order valence-corrected chi connectivity index (χ0v) is 11.9. The van der Waals surface area contributed by atoms with Gasteiger partial charge < -0.3 is 5.32 Å². The molecule has 1 nitrogen and oxygen atoms in total. The highest BCUT2D eigenvalue weighted by molar-refractivity contribution is 5.24. The first-order valence-corrected chi connectivity index (χ1v) is 7.53. The van der Waals surface area contributed by atoms with Crippen molar-refractivity contribution < 1.29 is 0 Å². The highest BCUT2D eigenvalue weighted by Gasteiger charge is 2.16. The monoisotopic (exact) mass is 245 g/mol. The molecule has 1 unspecified atom stereocenters. The molecule has 1 saturated carbocycles. The molecule has 1 N–H and O–H groups in total. The van der Waals surface area contributed by atoms with E-state index in [1.807, 2.05) is 0 Å². The predicted molar refractivity (Wildman–Crippen MR) is 78.8 cm³/mol. The van der Waals surface area contributed by atoms with E-state index in [0.717, 1.165) is 5.92 Å². The maximum atomic E-state index is 3.48. The van der Waals surface area contributed by atoms with Crippen molar-refractivity contribution >= 4 is 0 Å². The second-order valence-corrected chi connectivity index (χ2v) is 5.83. The Morgan fingerprint density at radius 1 is 1.11 bits per heavy atom. The van der Waals surface area contributed by atoms with Crippen LogP contribution in [0.3, 0.4) is 0 Å². The van der Waals surface area contributed by atoms with Crippen LogP contribution in [0.2, 0.25) is 0 Å². The van der Waals surface area contributed by atoms with E-state index in [0.29, 0.717) is 6.04 Å². The average molecular weight is 245 g/mol. The van der Waals surface area contributed by atoms with Gasteiger partial charge in [0, 0.05) is 6.04 Å². The van der Waals surface area contributed by atoms with E-state index in [4.69, 9.17) is 0 Å². The molecule has 1 aromatic carbocycles. The summed E-state index contributed by atoms with van der Waals surface area (Å²) < 4.78 is 0. The number of rotatable bonds is 5. The van der Waals surface area contributed by atoms with Crippen LogP contribution in [0.15, 0.2) is 24.3 Å². The van der Waals surface area contributed by atoms with Crippen LogP contribution < -0.4 is 5.32 Å². The summed E-state index contributed by atoms with van der Waals surface area (Å²) >= 11 is 0. The Balaban J connectivity index is 1.86. The van der Waals surface area contributed by atoms with Gasteiger partial charge >= 0.3 is 0 Å². The molecule has 0 aliphatic heterocycles. The van der Waals surface area contributed by atoms with E-state index < -0.39 is 0 Å². The van der Waals surface area contributed by atoms with Gasteiger partial charge in [-0.05, 0) is 38.3 Å². The molecule has 1 aromatic rings. The lowest BCUT2D eigenvalue weighted by Gasteiger charge is -2.24. The molecule has 1 aliphatic rings. The Labute approximate surface area is 112 Å². The molecular formula is C17H27N. The molecule has 1 fully saturated rings. The first-order chi connectivity index (χ1) is 8.79. The summed E-state index contributed by atoms with van der Waals surface area (Å²) in [5, 5.41) is 3.48. The quantitative estimate of drug-likeness (QED) is 0.798. The highest BCUT2D eigenvalue weighted by atomic mass is 14.9. The Kier molecular flexibility index (Phi) is 5.25. The van der Waals surface area contributed by atoms with Gasteiger partial charge in [0.25, 0.3) is 0 Å². The molecule has 1 aliphatic carbocycles. The Bertz CT molecular complexity index is 335. The molecule has 2 rings (SSSR count). The minimum Gasteiger partial charge on any atom is -0.313 e. The van der Waals surface area contributed by atoms with Crippen molar-refractivity contribution in [3.05, 3.63) is 35.4 Å². The van der Waals surface area contributed by atoms with Crippen LogP contribution >= 0.6 is 0 Å². The molecule has 0 bridgehead atoms. The van der Waals surface area contributed by atoms with Crippen molar-refractivity contribution in [2.75, 3.05) is 7.05 Å². The lowest BCUT2D eigenvalue weighted by molar-refractivity contribution is 0.317. The third kappa shape index (κ3) is 3.84. The fourth-order valence-corrected chi connectivity index (χ4v) is 3.15. The molecule has 0 aromatic heterocycles. The molecular weight excluding hydrogens is 218 g/mol. The van der Waals surface area contributed by atoms with Crippen LogP contribution in [0.5, 0.6) is 0 Å². The zero-order chi connectivity index (χ0) is 12.8. The van der Waals surface area contributed by atoms with Crippen LogP contribution in [-0.4, -0.2) is 7.05 Å². The summed E-state index contributed by atoms with van der Waals surface area (Å²) in [6.45, 7) is 2.15. The van der Waals surface area contributed by atoms with Crippen molar-refractivity contribution in [2.24, 2.45) is 5.92 Å². The van der Waals surface area contributed by atoms with Gasteiger partial charge in [0.2, 0.25) is 0 Å². The molecule has 1 atom stereocenters. The van der Waals surface area contributed by atoms with Gasteiger partial charge in [-0.1, -0.05) is 61.9 Å². The van der Waals surface area contributed by atoms with E-state index >= 15 is 0 Å². The standard InChI is InChI=1S/C17H27N/c1-14-8-11-16(12-9-14)17(18-2)13-10-15-6-4-3-5-7-15/h8-9,11-12,15,17-18H,3-7,10,13H2,1-2H3. The van der Waals surface area contributed by atoms with Gasteiger partial charge in [-0.15, -0.1) is 0 Å². The van der Waals surface area contributed by atoms with E-state index in [1.165, 1.54) is 56.1 Å². The lowest BCUT2D eigenvalue weighted by atomic mass is 9.84. The second-order valence-electron chi connectivity index (χ2n) is 5.83. The fourth-order valence-electron chi connectivity index (χ4n) is 3.15. The zero-order valence-electron chi connectivity index (χ0n) is 11.9. The fraction of sp³-hybridized carbons (Fsp3) is 0.647. The van der Waals surface area contributed by atoms with E-state index in [9.17, 15) is 0 Å². The first-order valence-electron chi connectivity index (χ1n) is 7.53. The van der Waals surface area contributed by atoms with Crippen molar-refractivity contribution in [1.29, 1.82) is 0 Å². The van der Waals surface area contributed by atoms with Crippen LogP contribution in [0, 0.1) is 12.8 Å². The van der Waals surface area contributed by atoms with Crippen molar-refractivity contribution in [2.45, 2.75) is 57.9 Å². The van der Waals surface area contributed by atoms with Crippen LogP contribution in [-0.2, 0) is 0 Å². The number of hydrogen-bond acceptors (Lipinski definition) is 1. The third-order valence-corrected chi connectivity index (χ3v) is 4.42. The Hall–Kier alpha value is -0.820. The summed E-state index contributed by atoms with van der Waals surface area (Å²) in [5.74, 6) is 0.986. The SMILES string of the molecule is CNC(CCC1CCCCC1)c1ccc(C)cc1. The highest BCUT2D eigenvalue weighted by Crippen LogP contribution is 2.30. The number of nitrogens with one attached hydrogen (secondary N) is 1. The normalized spacial score (nSPS) is 18.8. The van der Waals surface area contributed by atoms with Crippen molar-refractivity contribution in [3.8, 4) is 0 Å².